The summed E-state index contributed by atoms with van der Waals surface area (Å²) in [6.45, 7) is 0. The van der Waals surface area contributed by atoms with Crippen LogP contribution >= 0.6 is 0 Å². The third-order valence-corrected chi connectivity index (χ3v) is 2.58. The second-order valence-corrected chi connectivity index (χ2v) is 3.47. The first kappa shape index (κ1) is 7.85. The van der Waals surface area contributed by atoms with Crippen molar-refractivity contribution in [2.45, 2.75) is 31.6 Å². The van der Waals surface area contributed by atoms with Crippen LogP contribution in [0.15, 0.2) is 24.3 Å². The summed E-state index contributed by atoms with van der Waals surface area (Å²) in [7, 11) is 0. The van der Waals surface area contributed by atoms with Gasteiger partial charge in [-0.25, -0.2) is 0 Å². The summed E-state index contributed by atoms with van der Waals surface area (Å²) in [5, 5.41) is 0. The molecule has 1 saturated carbocycles. The maximum Gasteiger partial charge on any atom is -0.0146 e. The van der Waals surface area contributed by atoms with Crippen LogP contribution in [-0.4, -0.2) is 0 Å². The first-order chi connectivity index (χ1) is 5.97. The van der Waals surface area contributed by atoms with Crippen molar-refractivity contribution in [2.75, 3.05) is 0 Å². The molecule has 0 bridgehead atoms. The van der Waals surface area contributed by atoms with Gasteiger partial charge in [-0.2, -0.15) is 0 Å². The molecule has 0 spiro atoms. The van der Waals surface area contributed by atoms with E-state index in [9.17, 15) is 0 Å². The molecule has 0 nitrogen and oxygen atoms in total. The van der Waals surface area contributed by atoms with Gasteiger partial charge < -0.3 is 0 Å². The molecule has 1 unspecified atom stereocenters. The molecule has 0 aromatic heterocycles. The highest BCUT2D eigenvalue weighted by atomic mass is 14.2. The molecule has 0 aliphatic heterocycles. The van der Waals surface area contributed by atoms with Crippen LogP contribution in [0, 0.1) is 12.5 Å². The minimum Gasteiger partial charge on any atom is -0.0619 e. The quantitative estimate of drug-likeness (QED) is 0.588. The predicted octanol–water partition coefficient (Wildman–Crippen LogP) is 3.35. The van der Waals surface area contributed by atoms with Gasteiger partial charge in [0.15, 0.2) is 0 Å². The van der Waals surface area contributed by atoms with Crippen molar-refractivity contribution in [3.63, 3.8) is 0 Å². The molecule has 0 heterocycles. The van der Waals surface area contributed by atoms with Gasteiger partial charge in [0.05, 0.1) is 0 Å². The van der Waals surface area contributed by atoms with Gasteiger partial charge in [-0.15, -0.1) is 0 Å². The lowest BCUT2D eigenvalue weighted by Crippen LogP contribution is -2.04. The Hall–Kier alpha value is -0.780. The molecule has 1 fully saturated rings. The van der Waals surface area contributed by atoms with E-state index in [1.165, 1.54) is 31.2 Å². The van der Waals surface area contributed by atoms with Gasteiger partial charge in [0.25, 0.3) is 0 Å². The van der Waals surface area contributed by atoms with Gasteiger partial charge in [0.2, 0.25) is 0 Å². The predicted molar refractivity (Wildman–Crippen MR) is 50.8 cm³/mol. The summed E-state index contributed by atoms with van der Waals surface area (Å²) in [6, 6.07) is 11.7. The van der Waals surface area contributed by atoms with Crippen LogP contribution in [0.5, 0.6) is 0 Å². The lowest BCUT2D eigenvalue weighted by Gasteiger charge is -2.21. The Morgan fingerprint density at radius 1 is 1.33 bits per heavy atom. The Kier molecular flexibility index (Phi) is 2.45. The zero-order valence-electron chi connectivity index (χ0n) is 7.29. The van der Waals surface area contributed by atoms with E-state index in [4.69, 9.17) is 0 Å². The maximum absolute atomic E-state index is 3.32. The lowest BCUT2D eigenvalue weighted by molar-refractivity contribution is 0.517. The van der Waals surface area contributed by atoms with E-state index in [1.807, 2.05) is 12.1 Å². The van der Waals surface area contributed by atoms with E-state index in [0.717, 1.165) is 5.92 Å². The largest absolute Gasteiger partial charge is 0.0619 e. The fourth-order valence-corrected chi connectivity index (χ4v) is 1.89. The average Bonchev–Trinajstić information content (AvgIpc) is 2.21. The van der Waals surface area contributed by atoms with Gasteiger partial charge in [0, 0.05) is 0 Å². The smallest absolute Gasteiger partial charge is 0.0146 e. The molecule has 0 N–H and O–H groups in total. The minimum absolute atomic E-state index is 0.750. The fourth-order valence-electron chi connectivity index (χ4n) is 1.89. The average molecular weight is 158 g/mol. The molecular formula is C12H14. The van der Waals surface area contributed by atoms with E-state index in [2.05, 4.69) is 24.6 Å². The van der Waals surface area contributed by atoms with Crippen molar-refractivity contribution in [3.8, 4) is 0 Å². The molecule has 62 valence electrons. The Bertz CT molecular complexity index is 219. The fraction of sp³-hybridized carbons (Fsp3) is 0.417. The van der Waals surface area contributed by atoms with Crippen molar-refractivity contribution in [1.29, 1.82) is 0 Å². The van der Waals surface area contributed by atoms with E-state index >= 15 is 0 Å². The highest BCUT2D eigenvalue weighted by Gasteiger charge is 2.14. The number of hydrogen-bond donors (Lipinski definition) is 0. The topological polar surface area (TPSA) is 0 Å². The van der Waals surface area contributed by atoms with E-state index in [0.29, 0.717) is 0 Å². The van der Waals surface area contributed by atoms with Gasteiger partial charge in [-0.05, 0) is 36.8 Å². The molecule has 0 saturated heterocycles. The van der Waals surface area contributed by atoms with Crippen LogP contribution in [0.1, 0.15) is 37.2 Å². The van der Waals surface area contributed by atoms with Crippen LogP contribution in [0.4, 0.5) is 0 Å². The second-order valence-electron chi connectivity index (χ2n) is 3.47. The molecule has 1 atom stereocenters. The maximum atomic E-state index is 3.32. The molecule has 2 rings (SSSR count). The zero-order valence-corrected chi connectivity index (χ0v) is 7.29. The third kappa shape index (κ3) is 1.69. The Labute approximate surface area is 74.6 Å². The van der Waals surface area contributed by atoms with Crippen LogP contribution < -0.4 is 0 Å². The molecule has 1 aliphatic rings. The van der Waals surface area contributed by atoms with Crippen molar-refractivity contribution in [2.24, 2.45) is 0 Å². The van der Waals surface area contributed by atoms with Gasteiger partial charge in [-0.1, -0.05) is 37.1 Å². The van der Waals surface area contributed by atoms with Crippen molar-refractivity contribution < 1.29 is 0 Å². The summed E-state index contributed by atoms with van der Waals surface area (Å²) in [4.78, 5) is 0. The Morgan fingerprint density at radius 3 is 3.00 bits per heavy atom. The number of benzene rings is 1. The Balaban J connectivity index is 2.08. The molecule has 2 radical (unpaired) electrons. The van der Waals surface area contributed by atoms with Crippen molar-refractivity contribution in [3.05, 3.63) is 42.3 Å². The van der Waals surface area contributed by atoms with Crippen LogP contribution in [-0.2, 0) is 0 Å². The molecular weight excluding hydrogens is 144 g/mol. The number of hydrogen-bond acceptors (Lipinski definition) is 0. The normalized spacial score (nSPS) is 19.3. The summed E-state index contributed by atoms with van der Waals surface area (Å²) in [5.41, 5.74) is 1.40. The molecule has 1 aromatic rings. The highest BCUT2D eigenvalue weighted by Crippen LogP contribution is 2.31. The van der Waals surface area contributed by atoms with Crippen LogP contribution in [0.3, 0.4) is 0 Å². The highest BCUT2D eigenvalue weighted by molar-refractivity contribution is 5.19. The summed E-state index contributed by atoms with van der Waals surface area (Å²) >= 11 is 0. The first-order valence-electron chi connectivity index (χ1n) is 4.75. The van der Waals surface area contributed by atoms with Gasteiger partial charge in [-0.3, -0.25) is 0 Å². The summed E-state index contributed by atoms with van der Waals surface area (Å²) in [5.74, 6) is 0.750. The van der Waals surface area contributed by atoms with Crippen molar-refractivity contribution in [1.82, 2.24) is 0 Å². The van der Waals surface area contributed by atoms with Crippen molar-refractivity contribution >= 4 is 0 Å². The van der Waals surface area contributed by atoms with E-state index in [-0.39, 0.29) is 0 Å². The standard InChI is InChI=1S/C12H14/c1-3-7-11(8-4-1)12-9-5-2-6-10-12/h1,3-5,7,12H,2,6,9-10H2. The molecule has 12 heavy (non-hydrogen) atoms. The summed E-state index contributed by atoms with van der Waals surface area (Å²) in [6.07, 6.45) is 7.67. The lowest BCUT2D eigenvalue weighted by atomic mass is 9.84. The molecule has 1 aliphatic carbocycles. The van der Waals surface area contributed by atoms with Gasteiger partial charge >= 0.3 is 0 Å². The number of rotatable bonds is 1. The first-order valence-corrected chi connectivity index (χ1v) is 4.75. The zero-order chi connectivity index (χ0) is 8.23. The molecule has 0 heteroatoms. The van der Waals surface area contributed by atoms with Gasteiger partial charge in [0.1, 0.15) is 0 Å². The summed E-state index contributed by atoms with van der Waals surface area (Å²) < 4.78 is 0. The Morgan fingerprint density at radius 2 is 2.33 bits per heavy atom. The van der Waals surface area contributed by atoms with Crippen LogP contribution in [0.2, 0.25) is 0 Å². The molecule has 1 aromatic carbocycles. The van der Waals surface area contributed by atoms with Crippen LogP contribution in [0.25, 0.3) is 0 Å². The van der Waals surface area contributed by atoms with E-state index in [1.54, 1.807) is 0 Å². The third-order valence-electron chi connectivity index (χ3n) is 2.58. The van der Waals surface area contributed by atoms with E-state index < -0.39 is 0 Å². The second kappa shape index (κ2) is 3.75. The molecule has 0 amide bonds. The minimum atomic E-state index is 0.750. The SMILES string of the molecule is [c]1ccccc1C1C[CH]CCC1. The monoisotopic (exact) mass is 158 g/mol.